The molecule has 1 heterocycles. The Morgan fingerprint density at radius 2 is 2.00 bits per heavy atom. The molecule has 2 aromatic carbocycles. The number of phenols is 1. The van der Waals surface area contributed by atoms with Crippen molar-refractivity contribution in [2.45, 2.75) is 19.5 Å². The molecule has 3 nitrogen and oxygen atoms in total. The van der Waals surface area contributed by atoms with E-state index in [1.54, 1.807) is 6.07 Å². The van der Waals surface area contributed by atoms with Gasteiger partial charge in [0.25, 0.3) is 0 Å². The van der Waals surface area contributed by atoms with Crippen molar-refractivity contribution in [1.82, 2.24) is 5.32 Å². The summed E-state index contributed by atoms with van der Waals surface area (Å²) in [6, 6.07) is 13.8. The van der Waals surface area contributed by atoms with Crippen LogP contribution in [-0.4, -0.2) is 5.11 Å². The number of hydrogen-bond donors (Lipinski definition) is 2. The molecule has 0 aliphatic carbocycles. The average molecular weight is 285 g/mol. The zero-order valence-electron chi connectivity index (χ0n) is 11.6. The largest absolute Gasteiger partial charge is 0.508 e. The second-order valence-corrected chi connectivity index (χ2v) is 5.11. The van der Waals surface area contributed by atoms with Crippen LogP contribution in [0.25, 0.3) is 11.0 Å². The summed E-state index contributed by atoms with van der Waals surface area (Å²) in [5.74, 6) is 0.322. The van der Waals surface area contributed by atoms with E-state index in [-0.39, 0.29) is 11.8 Å². The van der Waals surface area contributed by atoms with E-state index in [2.05, 4.69) is 5.32 Å². The summed E-state index contributed by atoms with van der Waals surface area (Å²) in [7, 11) is 0. The second kappa shape index (κ2) is 5.58. The van der Waals surface area contributed by atoms with Crippen molar-refractivity contribution in [3.05, 3.63) is 65.7 Å². The number of rotatable bonds is 4. The normalized spacial score (nSPS) is 12.7. The quantitative estimate of drug-likeness (QED) is 0.757. The summed E-state index contributed by atoms with van der Waals surface area (Å²) < 4.78 is 19.0. The van der Waals surface area contributed by atoms with Gasteiger partial charge >= 0.3 is 0 Å². The SMILES string of the molecule is CC(NCc1cc(O)cc(F)c1)c1cc2ccccc2o1. The molecular weight excluding hydrogens is 269 g/mol. The lowest BCUT2D eigenvalue weighted by molar-refractivity contribution is 0.447. The molecule has 21 heavy (non-hydrogen) atoms. The van der Waals surface area contributed by atoms with Crippen LogP contribution in [0.4, 0.5) is 4.39 Å². The van der Waals surface area contributed by atoms with Gasteiger partial charge in [0.1, 0.15) is 22.9 Å². The lowest BCUT2D eigenvalue weighted by atomic mass is 10.1. The highest BCUT2D eigenvalue weighted by Gasteiger charge is 2.11. The van der Waals surface area contributed by atoms with Crippen LogP contribution in [0.15, 0.2) is 52.9 Å². The van der Waals surface area contributed by atoms with Gasteiger partial charge in [-0.15, -0.1) is 0 Å². The van der Waals surface area contributed by atoms with Crippen LogP contribution in [0.3, 0.4) is 0 Å². The monoisotopic (exact) mass is 285 g/mol. The van der Waals surface area contributed by atoms with Crippen LogP contribution >= 0.6 is 0 Å². The van der Waals surface area contributed by atoms with Gasteiger partial charge in [0, 0.05) is 18.0 Å². The Morgan fingerprint density at radius 3 is 2.76 bits per heavy atom. The molecule has 4 heteroatoms. The van der Waals surface area contributed by atoms with Crippen LogP contribution in [0.2, 0.25) is 0 Å². The van der Waals surface area contributed by atoms with E-state index in [1.165, 1.54) is 6.07 Å². The van der Waals surface area contributed by atoms with E-state index in [1.807, 2.05) is 37.3 Å². The standard InChI is InChI=1S/C17H16FNO2/c1-11(17-8-13-4-2-3-5-16(13)21-17)19-10-12-6-14(18)9-15(20)7-12/h2-9,11,19-20H,10H2,1H3. The smallest absolute Gasteiger partial charge is 0.134 e. The Hall–Kier alpha value is -2.33. The summed E-state index contributed by atoms with van der Waals surface area (Å²) in [6.45, 7) is 2.43. The number of aromatic hydroxyl groups is 1. The molecule has 0 aliphatic rings. The maximum Gasteiger partial charge on any atom is 0.134 e. The van der Waals surface area contributed by atoms with E-state index >= 15 is 0 Å². The molecule has 1 unspecified atom stereocenters. The Kier molecular flexibility index (Phi) is 3.62. The van der Waals surface area contributed by atoms with Crippen LogP contribution in [0.5, 0.6) is 5.75 Å². The van der Waals surface area contributed by atoms with Crippen molar-refractivity contribution in [1.29, 1.82) is 0 Å². The Labute approximate surface area is 122 Å². The number of para-hydroxylation sites is 1. The van der Waals surface area contributed by atoms with Gasteiger partial charge in [-0.3, -0.25) is 0 Å². The number of fused-ring (bicyclic) bond motifs is 1. The highest BCUT2D eigenvalue weighted by atomic mass is 19.1. The molecule has 3 rings (SSSR count). The molecular formula is C17H16FNO2. The van der Waals surface area contributed by atoms with Crippen molar-refractivity contribution < 1.29 is 13.9 Å². The van der Waals surface area contributed by atoms with Gasteiger partial charge < -0.3 is 14.8 Å². The third-order valence-electron chi connectivity index (χ3n) is 3.43. The third-order valence-corrected chi connectivity index (χ3v) is 3.43. The predicted molar refractivity (Wildman–Crippen MR) is 79.5 cm³/mol. The number of hydrogen-bond acceptors (Lipinski definition) is 3. The first-order valence-corrected chi connectivity index (χ1v) is 6.82. The number of halogens is 1. The van der Waals surface area contributed by atoms with Crippen LogP contribution in [0.1, 0.15) is 24.3 Å². The lowest BCUT2D eigenvalue weighted by Gasteiger charge is -2.11. The molecule has 0 radical (unpaired) electrons. The molecule has 0 bridgehead atoms. The maximum atomic E-state index is 13.2. The van der Waals surface area contributed by atoms with Crippen molar-refractivity contribution in [2.24, 2.45) is 0 Å². The van der Waals surface area contributed by atoms with E-state index < -0.39 is 5.82 Å². The minimum absolute atomic E-state index is 0.0113. The fraction of sp³-hybridized carbons (Fsp3) is 0.176. The minimum Gasteiger partial charge on any atom is -0.508 e. The summed E-state index contributed by atoms with van der Waals surface area (Å²) >= 11 is 0. The molecule has 0 saturated heterocycles. The summed E-state index contributed by atoms with van der Waals surface area (Å²) in [4.78, 5) is 0. The van der Waals surface area contributed by atoms with Gasteiger partial charge in [-0.05, 0) is 36.8 Å². The van der Waals surface area contributed by atoms with Crippen molar-refractivity contribution >= 4 is 11.0 Å². The zero-order valence-corrected chi connectivity index (χ0v) is 11.6. The number of furan rings is 1. The molecule has 0 amide bonds. The van der Waals surface area contributed by atoms with Gasteiger partial charge in [0.2, 0.25) is 0 Å². The number of nitrogens with one attached hydrogen (secondary N) is 1. The lowest BCUT2D eigenvalue weighted by Crippen LogP contribution is -2.17. The van der Waals surface area contributed by atoms with Crippen LogP contribution < -0.4 is 5.32 Å². The van der Waals surface area contributed by atoms with Gasteiger partial charge in [-0.2, -0.15) is 0 Å². The third kappa shape index (κ3) is 3.06. The van der Waals surface area contributed by atoms with Crippen LogP contribution in [0, 0.1) is 5.82 Å². The van der Waals surface area contributed by atoms with Crippen molar-refractivity contribution in [2.75, 3.05) is 0 Å². The van der Waals surface area contributed by atoms with Crippen molar-refractivity contribution in [3.8, 4) is 5.75 Å². The maximum absolute atomic E-state index is 13.2. The summed E-state index contributed by atoms with van der Waals surface area (Å²) in [5.41, 5.74) is 1.54. The first-order chi connectivity index (χ1) is 10.1. The summed E-state index contributed by atoms with van der Waals surface area (Å²) in [6.07, 6.45) is 0. The van der Waals surface area contributed by atoms with E-state index in [0.717, 1.165) is 22.8 Å². The van der Waals surface area contributed by atoms with Gasteiger partial charge in [0.15, 0.2) is 0 Å². The van der Waals surface area contributed by atoms with Gasteiger partial charge in [-0.1, -0.05) is 18.2 Å². The zero-order chi connectivity index (χ0) is 14.8. The molecule has 108 valence electrons. The van der Waals surface area contributed by atoms with Crippen LogP contribution in [-0.2, 0) is 6.54 Å². The molecule has 0 spiro atoms. The molecule has 1 aromatic heterocycles. The van der Waals surface area contributed by atoms with Crippen molar-refractivity contribution in [3.63, 3.8) is 0 Å². The van der Waals surface area contributed by atoms with Gasteiger partial charge in [0.05, 0.1) is 6.04 Å². The predicted octanol–water partition coefficient (Wildman–Crippen LogP) is 4.13. The fourth-order valence-corrected chi connectivity index (χ4v) is 2.32. The molecule has 2 N–H and O–H groups in total. The molecule has 1 atom stereocenters. The fourth-order valence-electron chi connectivity index (χ4n) is 2.32. The van der Waals surface area contributed by atoms with Gasteiger partial charge in [-0.25, -0.2) is 4.39 Å². The molecule has 0 aliphatic heterocycles. The molecule has 3 aromatic rings. The Bertz CT molecular complexity index is 713. The van der Waals surface area contributed by atoms with E-state index in [4.69, 9.17) is 4.42 Å². The topological polar surface area (TPSA) is 45.4 Å². The van der Waals surface area contributed by atoms with E-state index in [0.29, 0.717) is 12.1 Å². The molecule has 0 fully saturated rings. The Balaban J connectivity index is 1.72. The summed E-state index contributed by atoms with van der Waals surface area (Å²) in [5, 5.41) is 13.7. The Morgan fingerprint density at radius 1 is 1.19 bits per heavy atom. The number of phenolic OH excluding ortho intramolecular Hbond substituents is 1. The van der Waals surface area contributed by atoms with E-state index in [9.17, 15) is 9.50 Å². The first-order valence-electron chi connectivity index (χ1n) is 6.82. The minimum atomic E-state index is -0.441. The number of benzene rings is 2. The first kappa shape index (κ1) is 13.6. The average Bonchev–Trinajstić information content (AvgIpc) is 2.87. The highest BCUT2D eigenvalue weighted by molar-refractivity contribution is 5.77. The highest BCUT2D eigenvalue weighted by Crippen LogP contribution is 2.24. The second-order valence-electron chi connectivity index (χ2n) is 5.11. The molecule has 0 saturated carbocycles.